The molecule has 0 saturated heterocycles. The van der Waals surface area contributed by atoms with Gasteiger partial charge in [0.25, 0.3) is 0 Å². The third-order valence-electron chi connectivity index (χ3n) is 4.63. The van der Waals surface area contributed by atoms with Crippen molar-refractivity contribution in [1.29, 1.82) is 0 Å². The lowest BCUT2D eigenvalue weighted by Gasteiger charge is -2.26. The van der Waals surface area contributed by atoms with Crippen molar-refractivity contribution >= 4 is 17.0 Å². The minimum atomic E-state index is -0.694. The van der Waals surface area contributed by atoms with E-state index in [1.165, 1.54) is 0 Å². The first-order valence-electron chi connectivity index (χ1n) is 10.3. The Morgan fingerprint density at radius 3 is 2.56 bits per heavy atom. The first kappa shape index (κ1) is 21.2. The van der Waals surface area contributed by atoms with Gasteiger partial charge < -0.3 is 20.7 Å². The summed E-state index contributed by atoms with van der Waals surface area (Å²) >= 11 is 0. The number of nitrogens with one attached hydrogen (secondary N) is 3. The first-order valence-corrected chi connectivity index (χ1v) is 10.3. The Morgan fingerprint density at radius 1 is 1.15 bits per heavy atom. The van der Waals surface area contributed by atoms with Gasteiger partial charge in [0.2, 0.25) is 0 Å². The third-order valence-corrected chi connectivity index (χ3v) is 4.63. The lowest BCUT2D eigenvalue weighted by Crippen LogP contribution is -2.40. The monoisotopic (exact) mass is 373 g/mol. The summed E-state index contributed by atoms with van der Waals surface area (Å²) in [5, 5.41) is 17.4. The van der Waals surface area contributed by atoms with E-state index in [-0.39, 0.29) is 0 Å². The Morgan fingerprint density at radius 2 is 1.89 bits per heavy atom. The van der Waals surface area contributed by atoms with Crippen LogP contribution in [0.25, 0.3) is 11.0 Å². The molecular formula is C21H35N5O. The molecular weight excluding hydrogens is 338 g/mol. The molecule has 0 aliphatic carbocycles. The number of benzene rings is 1. The zero-order chi connectivity index (χ0) is 19.5. The van der Waals surface area contributed by atoms with Gasteiger partial charge in [-0.25, -0.2) is 4.98 Å². The second kappa shape index (κ2) is 10.9. The van der Waals surface area contributed by atoms with E-state index in [0.29, 0.717) is 6.54 Å². The number of H-pyrrole nitrogens is 1. The third kappa shape index (κ3) is 6.86. The van der Waals surface area contributed by atoms with Gasteiger partial charge in [-0.1, -0.05) is 38.8 Å². The van der Waals surface area contributed by atoms with Gasteiger partial charge in [-0.3, -0.25) is 4.99 Å². The van der Waals surface area contributed by atoms with Crippen molar-refractivity contribution in [2.75, 3.05) is 19.6 Å². The molecule has 0 saturated carbocycles. The van der Waals surface area contributed by atoms with Crippen LogP contribution in [-0.4, -0.2) is 46.3 Å². The molecule has 1 aromatic carbocycles. The number of imidazole rings is 1. The van der Waals surface area contributed by atoms with Crippen LogP contribution in [0.1, 0.15) is 58.7 Å². The van der Waals surface area contributed by atoms with Gasteiger partial charge in [0, 0.05) is 19.5 Å². The summed E-state index contributed by atoms with van der Waals surface area (Å²) in [4.78, 5) is 12.6. The molecule has 0 aliphatic heterocycles. The molecule has 0 aliphatic rings. The largest absolute Gasteiger partial charge is 0.388 e. The predicted octanol–water partition coefficient (Wildman–Crippen LogP) is 3.38. The van der Waals surface area contributed by atoms with Gasteiger partial charge in [-0.15, -0.1) is 0 Å². The molecule has 0 bridgehead atoms. The van der Waals surface area contributed by atoms with Crippen LogP contribution in [0.5, 0.6) is 0 Å². The van der Waals surface area contributed by atoms with Gasteiger partial charge >= 0.3 is 0 Å². The number of aliphatic imine (C=N–C) groups is 1. The van der Waals surface area contributed by atoms with Crippen LogP contribution in [0.3, 0.4) is 0 Å². The molecule has 27 heavy (non-hydrogen) atoms. The summed E-state index contributed by atoms with van der Waals surface area (Å²) in [6.07, 6.45) is 5.35. The SMILES string of the molecule is CCCC(O)(CCC)CN=C(NCC)NCCCc1nc2ccccc2[nH]1. The molecule has 4 N–H and O–H groups in total. The molecule has 0 amide bonds. The smallest absolute Gasteiger partial charge is 0.191 e. The van der Waals surface area contributed by atoms with Crippen LogP contribution >= 0.6 is 0 Å². The van der Waals surface area contributed by atoms with Crippen molar-refractivity contribution in [2.24, 2.45) is 4.99 Å². The van der Waals surface area contributed by atoms with E-state index in [2.05, 4.69) is 46.4 Å². The second-order valence-corrected chi connectivity index (χ2v) is 7.15. The Kier molecular flexibility index (Phi) is 8.58. The normalized spacial score (nSPS) is 12.5. The zero-order valence-corrected chi connectivity index (χ0v) is 17.0. The van der Waals surface area contributed by atoms with E-state index < -0.39 is 5.60 Å². The number of hydrogen-bond donors (Lipinski definition) is 4. The number of aliphatic hydroxyl groups is 1. The highest BCUT2D eigenvalue weighted by molar-refractivity contribution is 5.79. The van der Waals surface area contributed by atoms with Crippen LogP contribution < -0.4 is 10.6 Å². The van der Waals surface area contributed by atoms with Gasteiger partial charge in [0.15, 0.2) is 5.96 Å². The fourth-order valence-corrected chi connectivity index (χ4v) is 3.37. The summed E-state index contributed by atoms with van der Waals surface area (Å²) in [5.41, 5.74) is 1.41. The highest BCUT2D eigenvalue weighted by Crippen LogP contribution is 2.19. The van der Waals surface area contributed by atoms with E-state index in [1.54, 1.807) is 0 Å². The van der Waals surface area contributed by atoms with Crippen molar-refractivity contribution in [3.05, 3.63) is 30.1 Å². The Hall–Kier alpha value is -2.08. The Balaban J connectivity index is 1.83. The van der Waals surface area contributed by atoms with Crippen LogP contribution in [-0.2, 0) is 6.42 Å². The van der Waals surface area contributed by atoms with Crippen LogP contribution in [0, 0.1) is 0 Å². The molecule has 0 radical (unpaired) electrons. The van der Waals surface area contributed by atoms with Gasteiger partial charge in [0.1, 0.15) is 5.82 Å². The molecule has 0 unspecified atom stereocenters. The maximum atomic E-state index is 10.7. The number of rotatable bonds is 11. The first-order chi connectivity index (χ1) is 13.1. The molecule has 150 valence electrons. The molecule has 2 rings (SSSR count). The number of aromatic nitrogens is 2. The zero-order valence-electron chi connectivity index (χ0n) is 17.0. The van der Waals surface area contributed by atoms with E-state index in [9.17, 15) is 5.11 Å². The Labute approximate surface area is 162 Å². The summed E-state index contributed by atoms with van der Waals surface area (Å²) in [6, 6.07) is 8.10. The van der Waals surface area contributed by atoms with Crippen LogP contribution in [0.2, 0.25) is 0 Å². The number of aromatic amines is 1. The average molecular weight is 374 g/mol. The fraction of sp³-hybridized carbons (Fsp3) is 0.619. The molecule has 2 aromatic rings. The number of hydrogen-bond acceptors (Lipinski definition) is 3. The van der Waals surface area contributed by atoms with Crippen molar-refractivity contribution < 1.29 is 5.11 Å². The van der Waals surface area contributed by atoms with E-state index in [1.807, 2.05) is 24.3 Å². The quantitative estimate of drug-likeness (QED) is 0.276. The highest BCUT2D eigenvalue weighted by Gasteiger charge is 2.24. The standard InChI is InChI=1S/C21H35N5O/c1-4-13-21(27,14-5-2)16-24-20(22-6-3)23-15-9-12-19-25-17-10-7-8-11-18(17)26-19/h7-8,10-11,27H,4-6,9,12-16H2,1-3H3,(H,25,26)(H2,22,23,24). The summed E-state index contributed by atoms with van der Waals surface area (Å²) in [6.45, 7) is 8.31. The average Bonchev–Trinajstić information content (AvgIpc) is 3.06. The topological polar surface area (TPSA) is 85.3 Å². The number of nitrogens with zero attached hydrogens (tertiary/aromatic N) is 2. The number of para-hydroxylation sites is 2. The van der Waals surface area contributed by atoms with Crippen molar-refractivity contribution in [3.8, 4) is 0 Å². The number of fused-ring (bicyclic) bond motifs is 1. The number of aryl methyl sites for hydroxylation is 1. The van der Waals surface area contributed by atoms with Crippen LogP contribution in [0.4, 0.5) is 0 Å². The van der Waals surface area contributed by atoms with Gasteiger partial charge in [-0.2, -0.15) is 0 Å². The lowest BCUT2D eigenvalue weighted by molar-refractivity contribution is 0.0306. The van der Waals surface area contributed by atoms with Crippen molar-refractivity contribution in [3.63, 3.8) is 0 Å². The second-order valence-electron chi connectivity index (χ2n) is 7.15. The lowest BCUT2D eigenvalue weighted by atomic mass is 9.93. The molecule has 6 nitrogen and oxygen atoms in total. The van der Waals surface area contributed by atoms with E-state index in [4.69, 9.17) is 0 Å². The number of guanidine groups is 1. The predicted molar refractivity (Wildman–Crippen MR) is 113 cm³/mol. The molecule has 6 heteroatoms. The minimum Gasteiger partial charge on any atom is -0.388 e. The molecule has 1 heterocycles. The van der Waals surface area contributed by atoms with Crippen molar-refractivity contribution in [1.82, 2.24) is 20.6 Å². The van der Waals surface area contributed by atoms with Gasteiger partial charge in [0.05, 0.1) is 23.2 Å². The maximum absolute atomic E-state index is 10.7. The summed E-state index contributed by atoms with van der Waals surface area (Å²) < 4.78 is 0. The van der Waals surface area contributed by atoms with Crippen LogP contribution in [0.15, 0.2) is 29.3 Å². The molecule has 0 atom stereocenters. The molecule has 1 aromatic heterocycles. The van der Waals surface area contributed by atoms with E-state index >= 15 is 0 Å². The highest BCUT2D eigenvalue weighted by atomic mass is 16.3. The van der Waals surface area contributed by atoms with Crippen molar-refractivity contribution in [2.45, 2.75) is 64.9 Å². The summed E-state index contributed by atoms with van der Waals surface area (Å²) in [5.74, 6) is 1.79. The molecule has 0 spiro atoms. The molecule has 0 fully saturated rings. The van der Waals surface area contributed by atoms with E-state index in [0.717, 1.165) is 74.4 Å². The Bertz CT molecular complexity index is 670. The minimum absolute atomic E-state index is 0.438. The van der Waals surface area contributed by atoms with Gasteiger partial charge in [-0.05, 0) is 38.3 Å². The summed E-state index contributed by atoms with van der Waals surface area (Å²) in [7, 11) is 0. The maximum Gasteiger partial charge on any atom is 0.191 e. The fourth-order valence-electron chi connectivity index (χ4n) is 3.37.